The van der Waals surface area contributed by atoms with Gasteiger partial charge in [-0.05, 0) is 54.9 Å². The highest BCUT2D eigenvalue weighted by Crippen LogP contribution is 2.26. The molecule has 7 unspecified atom stereocenters. The lowest BCUT2D eigenvalue weighted by Gasteiger charge is -2.31. The Balaban J connectivity index is 1.55. The number of carboxylic acids is 1. The van der Waals surface area contributed by atoms with E-state index in [4.69, 9.17) is 5.73 Å². The van der Waals surface area contributed by atoms with Crippen LogP contribution in [0.2, 0.25) is 0 Å². The number of hydrogen-bond acceptors (Lipinski definition) is 9. The quantitative estimate of drug-likeness (QED) is 0.0960. The Morgan fingerprint density at radius 3 is 2.17 bits per heavy atom. The van der Waals surface area contributed by atoms with Gasteiger partial charge in [-0.2, -0.15) is 0 Å². The highest BCUT2D eigenvalue weighted by molar-refractivity contribution is 5.96. The van der Waals surface area contributed by atoms with E-state index in [0.29, 0.717) is 43.4 Å². The molecule has 58 heavy (non-hydrogen) atoms. The van der Waals surface area contributed by atoms with E-state index in [0.717, 1.165) is 18.4 Å². The van der Waals surface area contributed by atoms with E-state index in [-0.39, 0.29) is 62.1 Å². The molecular weight excluding hydrogens is 741 g/mol. The first-order valence-electron chi connectivity index (χ1n) is 20.6. The summed E-state index contributed by atoms with van der Waals surface area (Å²) < 4.78 is 0. The summed E-state index contributed by atoms with van der Waals surface area (Å²) >= 11 is 0. The van der Waals surface area contributed by atoms with E-state index in [2.05, 4.69) is 20.9 Å². The molecule has 0 aromatic heterocycles. The Kier molecular flexibility index (Phi) is 17.6. The van der Waals surface area contributed by atoms with Gasteiger partial charge in [0.2, 0.25) is 23.6 Å². The summed E-state index contributed by atoms with van der Waals surface area (Å²) in [5, 5.41) is 28.2. The zero-order valence-corrected chi connectivity index (χ0v) is 33.9. The maximum absolute atomic E-state index is 14.4. The summed E-state index contributed by atoms with van der Waals surface area (Å²) in [6.45, 7) is 6.13. The van der Waals surface area contributed by atoms with Crippen LogP contribution in [0.5, 0.6) is 5.75 Å². The van der Waals surface area contributed by atoms with Gasteiger partial charge >= 0.3 is 5.97 Å². The van der Waals surface area contributed by atoms with Crippen LogP contribution in [0.1, 0.15) is 89.7 Å². The summed E-state index contributed by atoms with van der Waals surface area (Å²) in [7, 11) is 0. The number of hydrogen-bond donors (Lipinski definition) is 6. The van der Waals surface area contributed by atoms with Gasteiger partial charge in [0.05, 0.1) is 12.0 Å². The number of benzene rings is 2. The minimum Gasteiger partial charge on any atom is -0.508 e. The van der Waals surface area contributed by atoms with E-state index >= 15 is 0 Å². The van der Waals surface area contributed by atoms with Gasteiger partial charge in [-0.3, -0.25) is 29.0 Å². The lowest BCUT2D eigenvalue weighted by Crippen LogP contribution is -2.56. The van der Waals surface area contributed by atoms with E-state index < -0.39 is 59.7 Å². The number of carboxylic acid groups (broad SMARTS) is 1. The second-order valence-corrected chi connectivity index (χ2v) is 15.5. The number of allylic oxidation sites excluding steroid dienone is 1. The van der Waals surface area contributed by atoms with Crippen LogP contribution in [-0.2, 0) is 41.6 Å². The second-order valence-electron chi connectivity index (χ2n) is 15.5. The fourth-order valence-corrected chi connectivity index (χ4v) is 7.46. The van der Waals surface area contributed by atoms with Crippen LogP contribution >= 0.6 is 0 Å². The largest absolute Gasteiger partial charge is 0.508 e. The Bertz CT molecular complexity index is 1780. The minimum atomic E-state index is -1.21. The number of nitrogens with zero attached hydrogens (tertiary/aromatic N) is 2. The van der Waals surface area contributed by atoms with Gasteiger partial charge in [0.1, 0.15) is 23.9 Å². The first-order chi connectivity index (χ1) is 27.8. The summed E-state index contributed by atoms with van der Waals surface area (Å²) in [6.07, 6.45) is 7.75. The highest BCUT2D eigenvalue weighted by atomic mass is 16.4. The van der Waals surface area contributed by atoms with Gasteiger partial charge in [0.25, 0.3) is 0 Å². The summed E-state index contributed by atoms with van der Waals surface area (Å²) in [5.41, 5.74) is 7.99. The van der Waals surface area contributed by atoms with Gasteiger partial charge in [-0.15, -0.1) is 0 Å². The Morgan fingerprint density at radius 2 is 1.55 bits per heavy atom. The lowest BCUT2D eigenvalue weighted by atomic mass is 9.84. The molecule has 4 amide bonds. The van der Waals surface area contributed by atoms with Crippen molar-refractivity contribution in [3.8, 4) is 5.75 Å². The molecule has 2 aromatic carbocycles. The molecule has 2 aromatic rings. The third-order valence-corrected chi connectivity index (χ3v) is 11.2. The van der Waals surface area contributed by atoms with Crippen molar-refractivity contribution in [1.29, 1.82) is 0 Å². The number of unbranched alkanes of at least 4 members (excludes halogenated alkanes) is 1. The van der Waals surface area contributed by atoms with E-state index in [1.807, 2.05) is 32.9 Å². The number of likely N-dealkylation sites (tertiary alicyclic amines) is 1. The fourth-order valence-electron chi connectivity index (χ4n) is 7.46. The van der Waals surface area contributed by atoms with Crippen molar-refractivity contribution < 1.29 is 39.0 Å². The first kappa shape index (κ1) is 45.3. The van der Waals surface area contributed by atoms with Crippen molar-refractivity contribution in [1.82, 2.24) is 20.9 Å². The highest BCUT2D eigenvalue weighted by Gasteiger charge is 2.40. The molecule has 1 fully saturated rings. The standard InChI is InChI=1S/C44H60N6O8/c1-4-6-14-31(27-45)40(53)47-35(23-30-17-19-33(51)20-18-30)39(52)26-34(28(3)5-2)41(54)48-36(25-32-15-10-21-46-32)43(56)50-22-11-16-38(50)42(55)49-37(44(57)58)24-29-12-8-7-9-13-29/h7-9,12-13,15,17-21,28,31,34-38,51H,4-6,10-11,14,16,22-27,45H2,1-3H3,(H,47,53)(H,48,54)(H,49,55)(H,57,58). The molecule has 7 atom stereocenters. The molecular formula is C44H60N6O8. The van der Waals surface area contributed by atoms with Crippen LogP contribution in [0, 0.1) is 17.8 Å². The van der Waals surface area contributed by atoms with Crippen molar-refractivity contribution in [2.75, 3.05) is 13.1 Å². The van der Waals surface area contributed by atoms with Crippen molar-refractivity contribution >= 4 is 41.6 Å². The van der Waals surface area contributed by atoms with Gasteiger partial charge < -0.3 is 36.8 Å². The molecule has 14 nitrogen and oxygen atoms in total. The lowest BCUT2D eigenvalue weighted by molar-refractivity contribution is -0.145. The second kappa shape index (κ2) is 22.5. The number of carbonyl (C=O) groups is 6. The Labute approximate surface area is 341 Å². The molecule has 314 valence electrons. The number of Topliss-reactive ketones (excluding diaryl/α,β-unsaturated/α-hetero) is 1. The molecule has 1 saturated heterocycles. The van der Waals surface area contributed by atoms with Crippen molar-refractivity contribution in [3.05, 3.63) is 77.5 Å². The van der Waals surface area contributed by atoms with E-state index in [1.165, 1.54) is 17.0 Å². The summed E-state index contributed by atoms with van der Waals surface area (Å²) in [6, 6.07) is 11.0. The van der Waals surface area contributed by atoms with Crippen LogP contribution in [0.25, 0.3) is 0 Å². The molecule has 2 heterocycles. The average molecular weight is 801 g/mol. The van der Waals surface area contributed by atoms with Crippen LogP contribution in [0.4, 0.5) is 0 Å². The van der Waals surface area contributed by atoms with Crippen molar-refractivity contribution in [2.45, 2.75) is 116 Å². The number of carbonyl (C=O) groups excluding carboxylic acids is 5. The van der Waals surface area contributed by atoms with Gasteiger partial charge in [0.15, 0.2) is 5.78 Å². The monoisotopic (exact) mass is 800 g/mol. The molecule has 0 spiro atoms. The zero-order valence-electron chi connectivity index (χ0n) is 33.9. The molecule has 0 bridgehead atoms. The fraction of sp³-hybridized carbons (Fsp3) is 0.523. The number of aliphatic carboxylic acids is 1. The molecule has 4 rings (SSSR count). The number of nitrogens with one attached hydrogen (secondary N) is 3. The maximum atomic E-state index is 14.4. The third-order valence-electron chi connectivity index (χ3n) is 11.2. The number of rotatable bonds is 23. The molecule has 2 aliphatic heterocycles. The minimum absolute atomic E-state index is 0.0522. The number of nitrogens with two attached hydrogens (primary N) is 1. The van der Waals surface area contributed by atoms with E-state index in [9.17, 15) is 39.0 Å². The van der Waals surface area contributed by atoms with Crippen LogP contribution in [0.3, 0.4) is 0 Å². The Morgan fingerprint density at radius 1 is 0.879 bits per heavy atom. The first-order valence-corrected chi connectivity index (χ1v) is 20.6. The van der Waals surface area contributed by atoms with Crippen molar-refractivity contribution in [2.24, 2.45) is 28.5 Å². The van der Waals surface area contributed by atoms with Gasteiger partial charge in [0, 0.05) is 56.6 Å². The topological polar surface area (TPSA) is 221 Å². The SMILES string of the molecule is CCCCC(CN)C(=O)NC(Cc1ccc(O)cc1)C(=O)CC(C(=O)NC(CC1=CCC=N1)C(=O)N1CCCC1C(=O)NC(Cc1ccccc1)C(=O)O)C(C)CC. The molecule has 0 aliphatic carbocycles. The number of amides is 4. The summed E-state index contributed by atoms with van der Waals surface area (Å²) in [5.74, 6) is -5.11. The van der Waals surface area contributed by atoms with Gasteiger partial charge in [-0.25, -0.2) is 4.79 Å². The van der Waals surface area contributed by atoms with Crippen LogP contribution in [0.15, 0.2) is 71.4 Å². The van der Waals surface area contributed by atoms with Gasteiger partial charge in [-0.1, -0.05) is 88.6 Å². The molecule has 0 radical (unpaired) electrons. The Hall–Kier alpha value is -5.37. The smallest absolute Gasteiger partial charge is 0.326 e. The van der Waals surface area contributed by atoms with Crippen LogP contribution < -0.4 is 21.7 Å². The summed E-state index contributed by atoms with van der Waals surface area (Å²) in [4.78, 5) is 88.0. The zero-order chi connectivity index (χ0) is 42.2. The number of aliphatic imine (C=N–C) groups is 1. The molecule has 2 aliphatic rings. The number of phenolic OH excluding ortho intramolecular Hbond substituents is 1. The third kappa shape index (κ3) is 13.1. The predicted molar refractivity (Wildman–Crippen MR) is 221 cm³/mol. The number of phenols is 1. The number of ketones is 1. The molecule has 7 N–H and O–H groups in total. The predicted octanol–water partition coefficient (Wildman–Crippen LogP) is 3.84. The van der Waals surface area contributed by atoms with Crippen molar-refractivity contribution in [3.63, 3.8) is 0 Å². The van der Waals surface area contributed by atoms with E-state index in [1.54, 1.807) is 42.6 Å². The number of aromatic hydroxyl groups is 1. The molecule has 14 heteroatoms. The normalized spacial score (nSPS) is 18.0. The average Bonchev–Trinajstić information content (AvgIpc) is 3.93. The molecule has 0 saturated carbocycles. The maximum Gasteiger partial charge on any atom is 0.326 e. The van der Waals surface area contributed by atoms with Crippen LogP contribution in [-0.4, -0.2) is 94.0 Å².